The van der Waals surface area contributed by atoms with Crippen LogP contribution in [0.1, 0.15) is 57.2 Å². The Kier molecular flexibility index (Phi) is 5.79. The highest BCUT2D eigenvalue weighted by atomic mass is 16.7. The lowest BCUT2D eigenvalue weighted by atomic mass is 9.96. The zero-order valence-corrected chi connectivity index (χ0v) is 13.4. The molecule has 0 bridgehead atoms. The SMILES string of the molecule is COC(CC(C)(O)Cc1ccn(C2CCCCC2)n1)OC. The Morgan fingerprint density at radius 2 is 2.00 bits per heavy atom. The number of hydrogen-bond donors (Lipinski definition) is 1. The molecular weight excluding hydrogens is 268 g/mol. The van der Waals surface area contributed by atoms with Crippen LogP contribution in [0.3, 0.4) is 0 Å². The van der Waals surface area contributed by atoms with Gasteiger partial charge < -0.3 is 14.6 Å². The van der Waals surface area contributed by atoms with E-state index in [-0.39, 0.29) is 6.29 Å². The Labute approximate surface area is 127 Å². The molecule has 1 N–H and O–H groups in total. The first-order valence-electron chi connectivity index (χ1n) is 7.86. The van der Waals surface area contributed by atoms with Gasteiger partial charge in [-0.3, -0.25) is 4.68 Å². The van der Waals surface area contributed by atoms with Crippen LogP contribution in [0.25, 0.3) is 0 Å². The van der Waals surface area contributed by atoms with Crippen LogP contribution in [-0.4, -0.2) is 41.0 Å². The van der Waals surface area contributed by atoms with Gasteiger partial charge in [-0.05, 0) is 25.8 Å². The predicted octanol–water partition coefficient (Wildman–Crippen LogP) is 2.69. The number of methoxy groups -OCH3 is 2. The van der Waals surface area contributed by atoms with Gasteiger partial charge in [-0.1, -0.05) is 19.3 Å². The van der Waals surface area contributed by atoms with Crippen molar-refractivity contribution in [3.63, 3.8) is 0 Å². The van der Waals surface area contributed by atoms with Crippen molar-refractivity contribution in [2.24, 2.45) is 0 Å². The minimum Gasteiger partial charge on any atom is -0.390 e. The maximum atomic E-state index is 10.5. The summed E-state index contributed by atoms with van der Waals surface area (Å²) in [6, 6.07) is 2.54. The summed E-state index contributed by atoms with van der Waals surface area (Å²) in [5.74, 6) is 0. The first-order chi connectivity index (χ1) is 10.0. The third-order valence-corrected chi connectivity index (χ3v) is 4.31. The van der Waals surface area contributed by atoms with Crippen molar-refractivity contribution in [1.82, 2.24) is 9.78 Å². The first kappa shape index (κ1) is 16.5. The lowest BCUT2D eigenvalue weighted by molar-refractivity contribution is -0.140. The Hall–Kier alpha value is -0.910. The number of nitrogens with zero attached hydrogens (tertiary/aromatic N) is 2. The van der Waals surface area contributed by atoms with E-state index in [1.54, 1.807) is 21.1 Å². The van der Waals surface area contributed by atoms with E-state index in [0.717, 1.165) is 5.69 Å². The normalized spacial score (nSPS) is 19.9. The second-order valence-corrected chi connectivity index (χ2v) is 6.36. The van der Waals surface area contributed by atoms with Crippen LogP contribution >= 0.6 is 0 Å². The van der Waals surface area contributed by atoms with Crippen molar-refractivity contribution in [2.75, 3.05) is 14.2 Å². The molecule has 5 heteroatoms. The van der Waals surface area contributed by atoms with Gasteiger partial charge in [0.25, 0.3) is 0 Å². The standard InChI is InChI=1S/C16H28N2O3/c1-16(19,12-15(20-2)21-3)11-13-9-10-18(17-13)14-7-5-4-6-8-14/h9-10,14-15,19H,4-8,11-12H2,1-3H3. The molecule has 1 heterocycles. The molecule has 5 nitrogen and oxygen atoms in total. The maximum Gasteiger partial charge on any atom is 0.159 e. The van der Waals surface area contributed by atoms with Gasteiger partial charge in [0.1, 0.15) is 0 Å². The van der Waals surface area contributed by atoms with Gasteiger partial charge in [-0.25, -0.2) is 0 Å². The molecule has 1 aliphatic carbocycles. The number of hydrogen-bond acceptors (Lipinski definition) is 4. The number of ether oxygens (including phenoxy) is 2. The van der Waals surface area contributed by atoms with Crippen LogP contribution in [0.4, 0.5) is 0 Å². The molecule has 0 spiro atoms. The summed E-state index contributed by atoms with van der Waals surface area (Å²) in [7, 11) is 3.17. The van der Waals surface area contributed by atoms with Crippen molar-refractivity contribution in [3.8, 4) is 0 Å². The topological polar surface area (TPSA) is 56.5 Å². The van der Waals surface area contributed by atoms with E-state index in [2.05, 4.69) is 9.78 Å². The lowest BCUT2D eigenvalue weighted by Crippen LogP contribution is -2.34. The minimum absolute atomic E-state index is 0.388. The third kappa shape index (κ3) is 4.80. The largest absolute Gasteiger partial charge is 0.390 e. The van der Waals surface area contributed by atoms with Gasteiger partial charge in [-0.15, -0.1) is 0 Å². The molecule has 2 rings (SSSR count). The number of rotatable bonds is 7. The molecule has 0 aromatic carbocycles. The van der Waals surface area contributed by atoms with Gasteiger partial charge in [-0.2, -0.15) is 5.10 Å². The Morgan fingerprint density at radius 3 is 2.62 bits per heavy atom. The maximum absolute atomic E-state index is 10.5. The van der Waals surface area contributed by atoms with Gasteiger partial charge >= 0.3 is 0 Å². The van der Waals surface area contributed by atoms with Crippen LogP contribution in [-0.2, 0) is 15.9 Å². The van der Waals surface area contributed by atoms with E-state index < -0.39 is 5.60 Å². The molecule has 1 atom stereocenters. The van der Waals surface area contributed by atoms with E-state index in [1.165, 1.54) is 32.1 Å². The summed E-state index contributed by atoms with van der Waals surface area (Å²) in [6.45, 7) is 1.80. The molecule has 0 aliphatic heterocycles. The van der Waals surface area contributed by atoms with E-state index in [0.29, 0.717) is 18.9 Å². The predicted molar refractivity (Wildman–Crippen MR) is 81.1 cm³/mol. The molecule has 0 radical (unpaired) electrons. The van der Waals surface area contributed by atoms with Crippen LogP contribution in [0.15, 0.2) is 12.3 Å². The zero-order chi connectivity index (χ0) is 15.3. The van der Waals surface area contributed by atoms with E-state index in [1.807, 2.05) is 12.3 Å². The molecule has 0 amide bonds. The Morgan fingerprint density at radius 1 is 1.33 bits per heavy atom. The number of aliphatic hydroxyl groups is 1. The van der Waals surface area contributed by atoms with Gasteiger partial charge in [0.15, 0.2) is 6.29 Å². The zero-order valence-electron chi connectivity index (χ0n) is 13.4. The Balaban J connectivity index is 1.94. The van der Waals surface area contributed by atoms with Crippen molar-refractivity contribution in [1.29, 1.82) is 0 Å². The summed E-state index contributed by atoms with van der Waals surface area (Å²) in [6.07, 6.45) is 8.95. The average Bonchev–Trinajstić information content (AvgIpc) is 2.93. The fourth-order valence-electron chi connectivity index (χ4n) is 3.10. The Bertz CT molecular complexity index is 421. The van der Waals surface area contributed by atoms with Gasteiger partial charge in [0.05, 0.1) is 17.3 Å². The van der Waals surface area contributed by atoms with Gasteiger partial charge in [0.2, 0.25) is 0 Å². The third-order valence-electron chi connectivity index (χ3n) is 4.31. The average molecular weight is 296 g/mol. The summed E-state index contributed by atoms with van der Waals surface area (Å²) in [4.78, 5) is 0. The van der Waals surface area contributed by atoms with E-state index in [9.17, 15) is 5.11 Å². The van der Waals surface area contributed by atoms with E-state index in [4.69, 9.17) is 9.47 Å². The first-order valence-corrected chi connectivity index (χ1v) is 7.86. The van der Waals surface area contributed by atoms with Crippen LogP contribution < -0.4 is 0 Å². The smallest absolute Gasteiger partial charge is 0.159 e. The molecule has 1 saturated carbocycles. The number of aromatic nitrogens is 2. The second kappa shape index (κ2) is 7.38. The lowest BCUT2D eigenvalue weighted by Gasteiger charge is -2.26. The molecule has 120 valence electrons. The van der Waals surface area contributed by atoms with E-state index >= 15 is 0 Å². The monoisotopic (exact) mass is 296 g/mol. The molecule has 1 aromatic rings. The molecule has 21 heavy (non-hydrogen) atoms. The molecule has 0 saturated heterocycles. The highest BCUT2D eigenvalue weighted by Gasteiger charge is 2.27. The highest BCUT2D eigenvalue weighted by molar-refractivity contribution is 5.04. The van der Waals surface area contributed by atoms with Crippen molar-refractivity contribution in [2.45, 2.75) is 69.8 Å². The second-order valence-electron chi connectivity index (χ2n) is 6.36. The molecular formula is C16H28N2O3. The van der Waals surface area contributed by atoms with Crippen LogP contribution in [0.5, 0.6) is 0 Å². The van der Waals surface area contributed by atoms with Crippen molar-refractivity contribution in [3.05, 3.63) is 18.0 Å². The minimum atomic E-state index is -0.886. The molecule has 1 fully saturated rings. The molecule has 1 aromatic heterocycles. The summed E-state index contributed by atoms with van der Waals surface area (Å²) in [5.41, 5.74) is 0.0409. The summed E-state index contributed by atoms with van der Waals surface area (Å²) in [5, 5.41) is 15.2. The van der Waals surface area contributed by atoms with Crippen LogP contribution in [0, 0.1) is 0 Å². The van der Waals surface area contributed by atoms with Crippen LogP contribution in [0.2, 0.25) is 0 Å². The van der Waals surface area contributed by atoms with Gasteiger partial charge in [0, 0.05) is 33.3 Å². The fourth-order valence-corrected chi connectivity index (χ4v) is 3.10. The van der Waals surface area contributed by atoms with Crippen molar-refractivity contribution >= 4 is 0 Å². The summed E-state index contributed by atoms with van der Waals surface area (Å²) < 4.78 is 12.4. The molecule has 1 unspecified atom stereocenters. The fraction of sp³-hybridized carbons (Fsp3) is 0.812. The highest BCUT2D eigenvalue weighted by Crippen LogP contribution is 2.28. The summed E-state index contributed by atoms with van der Waals surface area (Å²) >= 11 is 0. The quantitative estimate of drug-likeness (QED) is 0.786. The molecule has 1 aliphatic rings. The van der Waals surface area contributed by atoms with Crippen molar-refractivity contribution < 1.29 is 14.6 Å².